The second-order valence-electron chi connectivity index (χ2n) is 6.85. The lowest BCUT2D eigenvalue weighted by atomic mass is 9.90. The minimum absolute atomic E-state index is 0.216. The smallest absolute Gasteiger partial charge is 0.305 e. The molecule has 2 aromatic carbocycles. The van der Waals surface area contributed by atoms with E-state index in [9.17, 15) is 22.8 Å². The van der Waals surface area contributed by atoms with Crippen LogP contribution in [0.15, 0.2) is 48.5 Å². The Labute approximate surface area is 165 Å². The van der Waals surface area contributed by atoms with Crippen molar-refractivity contribution in [3.8, 4) is 6.07 Å². The van der Waals surface area contributed by atoms with Crippen LogP contribution < -0.4 is 4.90 Å². The molecule has 3 amide bonds. The molecule has 0 spiro atoms. The Hall–Kier alpha value is -3.34. The molecule has 0 radical (unpaired) electrons. The van der Waals surface area contributed by atoms with Gasteiger partial charge in [0.15, 0.2) is 0 Å². The third kappa shape index (κ3) is 3.23. The maximum atomic E-state index is 13.4. The Kier molecular flexibility index (Phi) is 5.09. The van der Waals surface area contributed by atoms with Gasteiger partial charge in [-0.15, -0.1) is 0 Å². The zero-order valence-electron chi connectivity index (χ0n) is 15.8. The van der Waals surface area contributed by atoms with Crippen LogP contribution >= 0.6 is 0 Å². The first-order valence-corrected chi connectivity index (χ1v) is 8.99. The van der Waals surface area contributed by atoms with Gasteiger partial charge < -0.3 is 4.90 Å². The SMILES string of the molecule is CCCN1C(=O)N(c2ccc(C#N)c(C(F)(F)F)c2)C(=O)C1(C)c1ccccc1. The summed E-state index contributed by atoms with van der Waals surface area (Å²) in [5, 5.41) is 8.98. The monoisotopic (exact) mass is 401 g/mol. The average molecular weight is 401 g/mol. The Bertz CT molecular complexity index is 998. The normalized spacial score (nSPS) is 19.6. The lowest BCUT2D eigenvalue weighted by molar-refractivity contribution is -0.137. The number of anilines is 1. The van der Waals surface area contributed by atoms with Gasteiger partial charge >= 0.3 is 12.2 Å². The zero-order chi connectivity index (χ0) is 21.4. The minimum Gasteiger partial charge on any atom is -0.305 e. The molecular weight excluding hydrogens is 383 g/mol. The van der Waals surface area contributed by atoms with Crippen LogP contribution in [-0.2, 0) is 16.5 Å². The highest BCUT2D eigenvalue weighted by Gasteiger charge is 2.55. The quantitative estimate of drug-likeness (QED) is 0.700. The average Bonchev–Trinajstić information content (AvgIpc) is 2.89. The van der Waals surface area contributed by atoms with E-state index in [-0.39, 0.29) is 12.2 Å². The Morgan fingerprint density at radius 1 is 1.10 bits per heavy atom. The van der Waals surface area contributed by atoms with Crippen molar-refractivity contribution in [2.45, 2.75) is 32.0 Å². The van der Waals surface area contributed by atoms with Gasteiger partial charge in [-0.25, -0.2) is 9.69 Å². The Morgan fingerprint density at radius 3 is 2.31 bits per heavy atom. The molecule has 0 aliphatic carbocycles. The van der Waals surface area contributed by atoms with Crippen molar-refractivity contribution in [2.24, 2.45) is 0 Å². The Morgan fingerprint density at radius 2 is 1.76 bits per heavy atom. The summed E-state index contributed by atoms with van der Waals surface area (Å²) in [6, 6.07) is 12.3. The van der Waals surface area contributed by atoms with Gasteiger partial charge in [0, 0.05) is 6.54 Å². The van der Waals surface area contributed by atoms with Crippen LogP contribution in [0.3, 0.4) is 0 Å². The lowest BCUT2D eigenvalue weighted by Crippen LogP contribution is -2.44. The second kappa shape index (κ2) is 7.24. The molecule has 2 aromatic rings. The molecule has 1 aliphatic heterocycles. The fraction of sp³-hybridized carbons (Fsp3) is 0.286. The highest BCUT2D eigenvalue weighted by Crippen LogP contribution is 2.41. The van der Waals surface area contributed by atoms with Crippen LogP contribution in [0, 0.1) is 11.3 Å². The fourth-order valence-corrected chi connectivity index (χ4v) is 3.55. The van der Waals surface area contributed by atoms with Crippen LogP contribution in [-0.4, -0.2) is 23.4 Å². The van der Waals surface area contributed by atoms with Gasteiger partial charge in [0.2, 0.25) is 0 Å². The summed E-state index contributed by atoms with van der Waals surface area (Å²) in [5.74, 6) is -0.639. The topological polar surface area (TPSA) is 64.4 Å². The van der Waals surface area contributed by atoms with Gasteiger partial charge in [0.05, 0.1) is 22.9 Å². The van der Waals surface area contributed by atoms with Gasteiger partial charge in [0.25, 0.3) is 5.91 Å². The van der Waals surface area contributed by atoms with Crippen molar-refractivity contribution in [3.05, 3.63) is 65.2 Å². The van der Waals surface area contributed by atoms with Gasteiger partial charge in [-0.05, 0) is 37.1 Å². The summed E-state index contributed by atoms with van der Waals surface area (Å²) in [6.45, 7) is 3.69. The maximum absolute atomic E-state index is 13.4. The summed E-state index contributed by atoms with van der Waals surface area (Å²) in [6.07, 6.45) is -4.23. The van der Waals surface area contributed by atoms with Gasteiger partial charge in [-0.3, -0.25) is 4.79 Å². The number of hydrogen-bond acceptors (Lipinski definition) is 3. The first-order chi connectivity index (χ1) is 13.7. The van der Waals surface area contributed by atoms with Crippen molar-refractivity contribution in [2.75, 3.05) is 11.4 Å². The van der Waals surface area contributed by atoms with Crippen LogP contribution in [0.5, 0.6) is 0 Å². The number of benzene rings is 2. The predicted molar refractivity (Wildman–Crippen MR) is 99.8 cm³/mol. The van der Waals surface area contributed by atoms with E-state index in [4.69, 9.17) is 5.26 Å². The van der Waals surface area contributed by atoms with Gasteiger partial charge in [0.1, 0.15) is 5.54 Å². The largest absolute Gasteiger partial charge is 0.417 e. The summed E-state index contributed by atoms with van der Waals surface area (Å²) < 4.78 is 40.1. The van der Waals surface area contributed by atoms with Crippen molar-refractivity contribution < 1.29 is 22.8 Å². The molecule has 1 heterocycles. The zero-order valence-corrected chi connectivity index (χ0v) is 15.8. The number of amides is 3. The highest BCUT2D eigenvalue weighted by molar-refractivity contribution is 6.23. The Balaban J connectivity index is 2.16. The first-order valence-electron chi connectivity index (χ1n) is 8.99. The number of hydrogen-bond donors (Lipinski definition) is 0. The minimum atomic E-state index is -4.79. The molecule has 0 N–H and O–H groups in total. The molecule has 1 aliphatic rings. The predicted octanol–water partition coefficient (Wildman–Crippen LogP) is 4.67. The van der Waals surface area contributed by atoms with Crippen molar-refractivity contribution in [3.63, 3.8) is 0 Å². The molecule has 3 rings (SSSR count). The van der Waals surface area contributed by atoms with Crippen molar-refractivity contribution in [1.29, 1.82) is 5.26 Å². The van der Waals surface area contributed by atoms with Crippen LogP contribution in [0.25, 0.3) is 0 Å². The summed E-state index contributed by atoms with van der Waals surface area (Å²) in [4.78, 5) is 28.6. The number of imide groups is 1. The molecule has 0 saturated carbocycles. The molecule has 5 nitrogen and oxygen atoms in total. The van der Waals surface area contributed by atoms with Crippen LogP contribution in [0.4, 0.5) is 23.7 Å². The molecule has 150 valence electrons. The molecule has 1 atom stereocenters. The van der Waals surface area contributed by atoms with E-state index in [0.29, 0.717) is 18.1 Å². The number of nitrogens with zero attached hydrogens (tertiary/aromatic N) is 3. The number of alkyl halides is 3. The fourth-order valence-electron chi connectivity index (χ4n) is 3.55. The molecular formula is C21H18F3N3O2. The van der Waals surface area contributed by atoms with E-state index in [1.807, 2.05) is 6.92 Å². The van der Waals surface area contributed by atoms with Crippen LogP contribution in [0.2, 0.25) is 0 Å². The van der Waals surface area contributed by atoms with Crippen molar-refractivity contribution >= 4 is 17.6 Å². The molecule has 1 saturated heterocycles. The number of carbonyl (C=O) groups excluding carboxylic acids is 2. The third-order valence-electron chi connectivity index (χ3n) is 5.05. The van der Waals surface area contributed by atoms with E-state index in [0.717, 1.165) is 11.0 Å². The summed E-state index contributed by atoms with van der Waals surface area (Å²) in [5.41, 5.74) is -2.75. The standard InChI is InChI=1S/C21H18F3N3O2/c1-3-11-26-19(29)27(18(28)20(26,2)15-7-5-4-6-8-15)16-10-9-14(13-25)17(12-16)21(22,23)24/h4-10,12H,3,11H2,1-2H3. The lowest BCUT2D eigenvalue weighted by Gasteiger charge is -2.31. The molecule has 8 heteroatoms. The highest BCUT2D eigenvalue weighted by atomic mass is 19.4. The number of rotatable bonds is 4. The van der Waals surface area contributed by atoms with E-state index >= 15 is 0 Å². The van der Waals surface area contributed by atoms with Gasteiger partial charge in [-0.1, -0.05) is 37.3 Å². The number of halogens is 3. The van der Waals surface area contributed by atoms with Crippen molar-refractivity contribution in [1.82, 2.24) is 4.90 Å². The molecule has 1 fully saturated rings. The first kappa shape index (κ1) is 20.4. The number of nitriles is 1. The summed E-state index contributed by atoms with van der Waals surface area (Å²) in [7, 11) is 0. The molecule has 29 heavy (non-hydrogen) atoms. The van der Waals surface area contributed by atoms with E-state index in [1.54, 1.807) is 37.3 Å². The number of carbonyl (C=O) groups is 2. The van der Waals surface area contributed by atoms with E-state index < -0.39 is 34.8 Å². The second-order valence-corrected chi connectivity index (χ2v) is 6.85. The van der Waals surface area contributed by atoms with E-state index in [1.165, 1.54) is 17.0 Å². The van der Waals surface area contributed by atoms with Crippen LogP contribution in [0.1, 0.15) is 37.0 Å². The summed E-state index contributed by atoms with van der Waals surface area (Å²) >= 11 is 0. The van der Waals surface area contributed by atoms with Gasteiger partial charge in [-0.2, -0.15) is 18.4 Å². The number of urea groups is 1. The third-order valence-corrected chi connectivity index (χ3v) is 5.05. The van der Waals surface area contributed by atoms with E-state index in [2.05, 4.69) is 0 Å². The molecule has 0 aromatic heterocycles. The molecule has 1 unspecified atom stereocenters. The maximum Gasteiger partial charge on any atom is 0.417 e. The molecule has 0 bridgehead atoms.